The maximum absolute atomic E-state index is 6.04. The fourth-order valence-electron chi connectivity index (χ4n) is 4.59. The van der Waals surface area contributed by atoms with E-state index in [9.17, 15) is 0 Å². The third kappa shape index (κ3) is 5.97. The molecule has 0 aliphatic heterocycles. The molecule has 0 aliphatic carbocycles. The highest BCUT2D eigenvalue weighted by Crippen LogP contribution is 2.28. The van der Waals surface area contributed by atoms with Gasteiger partial charge in [0.15, 0.2) is 0 Å². The first-order chi connectivity index (χ1) is 18.2. The molecule has 6 nitrogen and oxygen atoms in total. The highest BCUT2D eigenvalue weighted by Gasteiger charge is 2.09. The number of pyridine rings is 1. The predicted molar refractivity (Wildman–Crippen MR) is 153 cm³/mol. The van der Waals surface area contributed by atoms with Crippen LogP contribution in [-0.2, 0) is 6.42 Å². The minimum Gasteiger partial charge on any atom is -0.492 e. The Hall–Kier alpha value is -4.19. The topological polar surface area (TPSA) is 72.0 Å². The highest BCUT2D eigenvalue weighted by atomic mass is 16.5. The average molecular weight is 492 g/mol. The van der Waals surface area contributed by atoms with Gasteiger partial charge in [-0.1, -0.05) is 62.4 Å². The van der Waals surface area contributed by atoms with E-state index >= 15 is 0 Å². The molecule has 0 saturated carbocycles. The zero-order valence-electron chi connectivity index (χ0n) is 21.4. The molecule has 188 valence electrons. The first-order valence-corrected chi connectivity index (χ1v) is 13.0. The number of aromatic nitrogens is 3. The normalized spacial score (nSPS) is 11.2. The molecular weight excluding hydrogens is 458 g/mol. The van der Waals surface area contributed by atoms with Gasteiger partial charge in [0.2, 0.25) is 0 Å². The van der Waals surface area contributed by atoms with Gasteiger partial charge in [0, 0.05) is 41.8 Å². The van der Waals surface area contributed by atoms with E-state index in [-0.39, 0.29) is 0 Å². The minimum absolute atomic E-state index is 0.427. The van der Waals surface area contributed by atoms with Crippen LogP contribution in [0.25, 0.3) is 21.8 Å². The number of nitrogens with zero attached hydrogens (tertiary/aromatic N) is 3. The van der Waals surface area contributed by atoms with Crippen molar-refractivity contribution in [3.05, 3.63) is 96.4 Å². The maximum atomic E-state index is 6.04. The van der Waals surface area contributed by atoms with Gasteiger partial charge in [0.25, 0.3) is 0 Å². The van der Waals surface area contributed by atoms with Crippen molar-refractivity contribution in [3.63, 3.8) is 0 Å². The number of para-hydroxylation sites is 1. The van der Waals surface area contributed by atoms with E-state index in [1.54, 1.807) is 6.33 Å². The molecule has 37 heavy (non-hydrogen) atoms. The fourth-order valence-corrected chi connectivity index (χ4v) is 4.59. The Morgan fingerprint density at radius 1 is 0.811 bits per heavy atom. The molecule has 2 heterocycles. The van der Waals surface area contributed by atoms with Crippen LogP contribution in [0.3, 0.4) is 0 Å². The first-order valence-electron chi connectivity index (χ1n) is 13.0. The summed E-state index contributed by atoms with van der Waals surface area (Å²) in [4.78, 5) is 13.5. The summed E-state index contributed by atoms with van der Waals surface area (Å²) in [5.74, 6) is 2.08. The molecule has 6 heteroatoms. The molecule has 5 rings (SSSR count). The van der Waals surface area contributed by atoms with Crippen LogP contribution in [0.1, 0.15) is 37.3 Å². The Labute approximate surface area is 218 Å². The second kappa shape index (κ2) is 11.7. The molecule has 0 aliphatic rings. The summed E-state index contributed by atoms with van der Waals surface area (Å²) in [6.07, 6.45) is 5.55. The highest BCUT2D eigenvalue weighted by molar-refractivity contribution is 5.93. The number of ether oxygens (including phenoxy) is 1. The SMILES string of the molecule is CC(C)c1cccc2c(NCCOc3ccc4c(NCCCc5ccccc5)ncnc4c3)ccnc12. The number of nitrogens with one attached hydrogen (secondary N) is 2. The Bertz CT molecular complexity index is 1470. The molecule has 0 atom stereocenters. The Kier molecular flexibility index (Phi) is 7.75. The minimum atomic E-state index is 0.427. The largest absolute Gasteiger partial charge is 0.492 e. The molecule has 0 unspecified atom stereocenters. The van der Waals surface area contributed by atoms with Crippen molar-refractivity contribution in [1.29, 1.82) is 0 Å². The van der Waals surface area contributed by atoms with Gasteiger partial charge < -0.3 is 15.4 Å². The number of anilines is 2. The Morgan fingerprint density at radius 3 is 2.57 bits per heavy atom. The van der Waals surface area contributed by atoms with Crippen molar-refractivity contribution in [3.8, 4) is 5.75 Å². The van der Waals surface area contributed by atoms with E-state index in [4.69, 9.17) is 4.74 Å². The summed E-state index contributed by atoms with van der Waals surface area (Å²) in [6.45, 7) is 6.47. The molecule has 0 saturated heterocycles. The van der Waals surface area contributed by atoms with Gasteiger partial charge in [-0.15, -0.1) is 0 Å². The summed E-state index contributed by atoms with van der Waals surface area (Å²) in [5, 5.41) is 9.11. The zero-order valence-corrected chi connectivity index (χ0v) is 21.4. The van der Waals surface area contributed by atoms with Crippen LogP contribution in [-0.4, -0.2) is 34.6 Å². The third-order valence-corrected chi connectivity index (χ3v) is 6.50. The van der Waals surface area contributed by atoms with Crippen molar-refractivity contribution in [2.24, 2.45) is 0 Å². The van der Waals surface area contributed by atoms with Gasteiger partial charge in [-0.2, -0.15) is 0 Å². The molecule has 0 bridgehead atoms. The van der Waals surface area contributed by atoms with Gasteiger partial charge in [-0.05, 0) is 48.1 Å². The maximum Gasteiger partial charge on any atom is 0.137 e. The summed E-state index contributed by atoms with van der Waals surface area (Å²) in [5.41, 5.74) is 5.62. The van der Waals surface area contributed by atoms with Crippen LogP contribution in [0.2, 0.25) is 0 Å². The number of hydrogen-bond acceptors (Lipinski definition) is 6. The van der Waals surface area contributed by atoms with Crippen molar-refractivity contribution in [2.75, 3.05) is 30.3 Å². The lowest BCUT2D eigenvalue weighted by Crippen LogP contribution is -2.12. The molecule has 5 aromatic rings. The van der Waals surface area contributed by atoms with E-state index in [1.807, 2.05) is 36.5 Å². The van der Waals surface area contributed by atoms with Crippen LogP contribution in [0.5, 0.6) is 5.75 Å². The van der Waals surface area contributed by atoms with E-state index < -0.39 is 0 Å². The molecule has 0 amide bonds. The van der Waals surface area contributed by atoms with Crippen LogP contribution in [0.4, 0.5) is 11.5 Å². The van der Waals surface area contributed by atoms with Gasteiger partial charge >= 0.3 is 0 Å². The number of fused-ring (bicyclic) bond motifs is 2. The van der Waals surface area contributed by atoms with Gasteiger partial charge in [-0.3, -0.25) is 4.98 Å². The van der Waals surface area contributed by atoms with Crippen LogP contribution in [0, 0.1) is 0 Å². The lowest BCUT2D eigenvalue weighted by molar-refractivity contribution is 0.333. The summed E-state index contributed by atoms with van der Waals surface area (Å²) >= 11 is 0. The quantitative estimate of drug-likeness (QED) is 0.197. The first kappa shape index (κ1) is 24.5. The average Bonchev–Trinajstić information content (AvgIpc) is 2.93. The zero-order chi connectivity index (χ0) is 25.5. The molecule has 0 fully saturated rings. The van der Waals surface area contributed by atoms with Crippen molar-refractivity contribution in [2.45, 2.75) is 32.6 Å². The monoisotopic (exact) mass is 491 g/mol. The number of aryl methyl sites for hydroxylation is 1. The summed E-state index contributed by atoms with van der Waals surface area (Å²) in [6, 6.07) is 24.9. The van der Waals surface area contributed by atoms with Crippen LogP contribution < -0.4 is 15.4 Å². The molecule has 2 aromatic heterocycles. The molecular formula is C31H33N5O. The summed E-state index contributed by atoms with van der Waals surface area (Å²) in [7, 11) is 0. The van der Waals surface area contributed by atoms with Crippen molar-refractivity contribution < 1.29 is 4.74 Å². The molecule has 3 aromatic carbocycles. The van der Waals surface area contributed by atoms with E-state index in [1.165, 1.54) is 11.1 Å². The summed E-state index contributed by atoms with van der Waals surface area (Å²) < 4.78 is 6.04. The lowest BCUT2D eigenvalue weighted by Gasteiger charge is -2.14. The van der Waals surface area contributed by atoms with Crippen LogP contribution >= 0.6 is 0 Å². The van der Waals surface area contributed by atoms with Crippen LogP contribution in [0.15, 0.2) is 85.3 Å². The molecule has 0 radical (unpaired) electrons. The van der Waals surface area contributed by atoms with Crippen molar-refractivity contribution >= 4 is 33.3 Å². The predicted octanol–water partition coefficient (Wildman–Crippen LogP) is 6.84. The van der Waals surface area contributed by atoms with E-state index in [0.717, 1.165) is 58.4 Å². The number of rotatable bonds is 11. The smallest absolute Gasteiger partial charge is 0.137 e. The standard InChI is InChI=1S/C31H33N5O/c1-22(2)25-11-6-12-26-28(15-17-33-30(25)26)32-18-19-37-24-13-14-27-29(20-24)35-21-36-31(27)34-16-7-10-23-8-4-3-5-9-23/h3-6,8-9,11-15,17,20-22H,7,10,16,18-19H2,1-2H3,(H,32,33)(H,34,35,36). The second-order valence-corrected chi connectivity index (χ2v) is 9.45. The van der Waals surface area contributed by atoms with Gasteiger partial charge in [0.05, 0.1) is 11.0 Å². The van der Waals surface area contributed by atoms with Gasteiger partial charge in [0.1, 0.15) is 24.5 Å². The third-order valence-electron chi connectivity index (χ3n) is 6.50. The van der Waals surface area contributed by atoms with Gasteiger partial charge in [-0.25, -0.2) is 9.97 Å². The van der Waals surface area contributed by atoms with E-state index in [2.05, 4.69) is 81.9 Å². The fraction of sp³-hybridized carbons (Fsp3) is 0.258. The second-order valence-electron chi connectivity index (χ2n) is 9.45. The van der Waals surface area contributed by atoms with Crippen molar-refractivity contribution in [1.82, 2.24) is 15.0 Å². The Balaban J connectivity index is 1.16. The van der Waals surface area contributed by atoms with E-state index in [0.29, 0.717) is 19.1 Å². The Morgan fingerprint density at radius 2 is 1.70 bits per heavy atom. The lowest BCUT2D eigenvalue weighted by atomic mass is 9.99. The number of benzene rings is 3. The number of hydrogen-bond donors (Lipinski definition) is 2. The molecule has 0 spiro atoms. The molecule has 2 N–H and O–H groups in total.